The van der Waals surface area contributed by atoms with Gasteiger partial charge in [-0.25, -0.2) is 0 Å². The number of methoxy groups -OCH3 is 1. The fourth-order valence-electron chi connectivity index (χ4n) is 3.36. The summed E-state index contributed by atoms with van der Waals surface area (Å²) in [6.07, 6.45) is 5.58. The number of hydrogen-bond acceptors (Lipinski definition) is 5. The van der Waals surface area contributed by atoms with Crippen LogP contribution in [0, 0.1) is 5.92 Å². The molecule has 0 aromatic carbocycles. The molecule has 1 unspecified atom stereocenters. The van der Waals surface area contributed by atoms with Gasteiger partial charge in [-0.2, -0.15) is 0 Å². The molecule has 1 N–H and O–H groups in total. The van der Waals surface area contributed by atoms with E-state index in [4.69, 9.17) is 18.9 Å². The molecule has 2 aliphatic heterocycles. The number of piperidine rings is 1. The van der Waals surface area contributed by atoms with E-state index >= 15 is 0 Å². The highest BCUT2D eigenvalue weighted by Gasteiger charge is 2.21. The van der Waals surface area contributed by atoms with Gasteiger partial charge in [0.15, 0.2) is 5.96 Å². The number of aliphatic imine (C=N–C) groups is 1. The SMILES string of the molecule is CN=C(NCCCOCC1CCOC1)N1CCC(OCCCOC)CC1.I. The standard InChI is InChI=1S/C19H37N3O4.HI/c1-20-19(21-8-3-12-24-15-17-7-14-25-16-17)22-9-5-18(6-10-22)26-13-4-11-23-2;/h17-18H,3-16H2,1-2H3,(H,20,21);1H. The van der Waals surface area contributed by atoms with Crippen molar-refractivity contribution in [1.29, 1.82) is 0 Å². The van der Waals surface area contributed by atoms with Gasteiger partial charge >= 0.3 is 0 Å². The molecule has 7 nitrogen and oxygen atoms in total. The van der Waals surface area contributed by atoms with Gasteiger partial charge in [0.2, 0.25) is 0 Å². The molecule has 2 saturated heterocycles. The van der Waals surface area contributed by atoms with Gasteiger partial charge in [-0.15, -0.1) is 24.0 Å². The normalized spacial score (nSPS) is 21.3. The van der Waals surface area contributed by atoms with Crippen LogP contribution in [0.2, 0.25) is 0 Å². The summed E-state index contributed by atoms with van der Waals surface area (Å²) in [5.41, 5.74) is 0. The van der Waals surface area contributed by atoms with Crippen LogP contribution in [-0.2, 0) is 18.9 Å². The van der Waals surface area contributed by atoms with Gasteiger partial charge in [0.05, 0.1) is 19.3 Å². The minimum absolute atomic E-state index is 0. The Balaban J connectivity index is 0.00000364. The van der Waals surface area contributed by atoms with Crippen LogP contribution in [0.1, 0.15) is 32.1 Å². The van der Waals surface area contributed by atoms with Crippen LogP contribution in [0.15, 0.2) is 4.99 Å². The van der Waals surface area contributed by atoms with Crippen molar-refractivity contribution in [2.45, 2.75) is 38.2 Å². The van der Waals surface area contributed by atoms with Crippen molar-refractivity contribution in [3.8, 4) is 0 Å². The highest BCUT2D eigenvalue weighted by Crippen LogP contribution is 2.14. The molecule has 0 bridgehead atoms. The van der Waals surface area contributed by atoms with Crippen molar-refractivity contribution >= 4 is 29.9 Å². The average molecular weight is 499 g/mol. The Hall–Kier alpha value is -0.160. The first-order valence-corrected chi connectivity index (χ1v) is 10.0. The van der Waals surface area contributed by atoms with Crippen LogP contribution < -0.4 is 5.32 Å². The lowest BCUT2D eigenvalue weighted by molar-refractivity contribution is 0.00989. The number of nitrogens with zero attached hydrogens (tertiary/aromatic N) is 2. The van der Waals surface area contributed by atoms with Crippen molar-refractivity contribution < 1.29 is 18.9 Å². The molecule has 0 saturated carbocycles. The van der Waals surface area contributed by atoms with E-state index in [1.165, 1.54) is 0 Å². The Morgan fingerprint density at radius 1 is 1.15 bits per heavy atom. The molecule has 0 aromatic heterocycles. The summed E-state index contributed by atoms with van der Waals surface area (Å²) in [5.74, 6) is 1.58. The minimum Gasteiger partial charge on any atom is -0.385 e. The Bertz CT molecular complexity index is 387. The molecular formula is C19H38IN3O4. The maximum atomic E-state index is 5.92. The third kappa shape index (κ3) is 10.3. The summed E-state index contributed by atoms with van der Waals surface area (Å²) in [5, 5.41) is 3.46. The first-order chi connectivity index (χ1) is 12.8. The summed E-state index contributed by atoms with van der Waals surface area (Å²) in [7, 11) is 3.58. The second kappa shape index (κ2) is 15.7. The summed E-state index contributed by atoms with van der Waals surface area (Å²) in [6, 6.07) is 0. The maximum absolute atomic E-state index is 5.92. The molecule has 0 spiro atoms. The van der Waals surface area contributed by atoms with Gasteiger partial charge in [0.25, 0.3) is 0 Å². The van der Waals surface area contributed by atoms with E-state index in [1.54, 1.807) is 7.11 Å². The number of rotatable bonds is 11. The second-order valence-corrected chi connectivity index (χ2v) is 7.04. The zero-order chi connectivity index (χ0) is 18.5. The first kappa shape index (κ1) is 24.9. The average Bonchev–Trinajstić information content (AvgIpc) is 3.19. The number of likely N-dealkylation sites (tertiary alicyclic amines) is 1. The van der Waals surface area contributed by atoms with Crippen LogP contribution in [0.25, 0.3) is 0 Å². The predicted octanol–water partition coefficient (Wildman–Crippen LogP) is 2.14. The Kier molecular flexibility index (Phi) is 14.5. The molecule has 0 radical (unpaired) electrons. The largest absolute Gasteiger partial charge is 0.385 e. The predicted molar refractivity (Wildman–Crippen MR) is 118 cm³/mol. The van der Waals surface area contributed by atoms with E-state index in [0.717, 1.165) is 97.3 Å². The van der Waals surface area contributed by atoms with Crippen molar-refractivity contribution in [2.75, 3.05) is 73.4 Å². The molecule has 2 rings (SSSR count). The number of guanidine groups is 1. The quantitative estimate of drug-likeness (QED) is 0.204. The van der Waals surface area contributed by atoms with Crippen molar-refractivity contribution in [1.82, 2.24) is 10.2 Å². The van der Waals surface area contributed by atoms with E-state index in [1.807, 2.05) is 7.05 Å². The van der Waals surface area contributed by atoms with Crippen molar-refractivity contribution in [2.24, 2.45) is 10.9 Å². The zero-order valence-corrected chi connectivity index (χ0v) is 19.3. The van der Waals surface area contributed by atoms with Crippen molar-refractivity contribution in [3.05, 3.63) is 0 Å². The highest BCUT2D eigenvalue weighted by atomic mass is 127. The second-order valence-electron chi connectivity index (χ2n) is 7.04. The van der Waals surface area contributed by atoms with Gasteiger partial charge in [-0.3, -0.25) is 4.99 Å². The van der Waals surface area contributed by atoms with Crippen LogP contribution in [0.4, 0.5) is 0 Å². The van der Waals surface area contributed by atoms with Gasteiger partial charge < -0.3 is 29.2 Å². The van der Waals surface area contributed by atoms with Crippen LogP contribution in [-0.4, -0.2) is 90.4 Å². The van der Waals surface area contributed by atoms with Gasteiger partial charge in [0, 0.05) is 66.1 Å². The number of halogens is 1. The third-order valence-corrected chi connectivity index (χ3v) is 4.93. The van der Waals surface area contributed by atoms with E-state index in [9.17, 15) is 0 Å². The molecule has 2 heterocycles. The number of hydrogen-bond donors (Lipinski definition) is 1. The minimum atomic E-state index is 0. The summed E-state index contributed by atoms with van der Waals surface area (Å²) in [6.45, 7) is 7.80. The van der Waals surface area contributed by atoms with Gasteiger partial charge in [0.1, 0.15) is 0 Å². The van der Waals surface area contributed by atoms with Crippen LogP contribution >= 0.6 is 24.0 Å². The number of nitrogens with one attached hydrogen (secondary N) is 1. The summed E-state index contributed by atoms with van der Waals surface area (Å²) >= 11 is 0. The number of ether oxygens (including phenoxy) is 4. The molecular weight excluding hydrogens is 461 g/mol. The Labute approximate surface area is 181 Å². The van der Waals surface area contributed by atoms with Gasteiger partial charge in [-0.1, -0.05) is 0 Å². The monoisotopic (exact) mass is 499 g/mol. The molecule has 2 aliphatic rings. The Morgan fingerprint density at radius 2 is 1.96 bits per heavy atom. The zero-order valence-electron chi connectivity index (χ0n) is 17.0. The topological polar surface area (TPSA) is 64.6 Å². The third-order valence-electron chi connectivity index (χ3n) is 4.93. The summed E-state index contributed by atoms with van der Waals surface area (Å²) < 4.78 is 22.1. The van der Waals surface area contributed by atoms with Crippen molar-refractivity contribution in [3.63, 3.8) is 0 Å². The molecule has 0 amide bonds. The lowest BCUT2D eigenvalue weighted by Gasteiger charge is -2.34. The van der Waals surface area contributed by atoms with E-state index < -0.39 is 0 Å². The molecule has 0 aliphatic carbocycles. The molecule has 2 fully saturated rings. The highest BCUT2D eigenvalue weighted by molar-refractivity contribution is 14.0. The maximum Gasteiger partial charge on any atom is 0.193 e. The molecule has 0 aromatic rings. The lowest BCUT2D eigenvalue weighted by Crippen LogP contribution is -2.47. The van der Waals surface area contributed by atoms with E-state index in [2.05, 4.69) is 15.2 Å². The molecule has 160 valence electrons. The molecule has 8 heteroatoms. The lowest BCUT2D eigenvalue weighted by atomic mass is 10.1. The first-order valence-electron chi connectivity index (χ1n) is 10.0. The van der Waals surface area contributed by atoms with Crippen LogP contribution in [0.3, 0.4) is 0 Å². The van der Waals surface area contributed by atoms with E-state index in [0.29, 0.717) is 12.0 Å². The Morgan fingerprint density at radius 3 is 2.63 bits per heavy atom. The fourth-order valence-corrected chi connectivity index (χ4v) is 3.36. The molecule has 27 heavy (non-hydrogen) atoms. The summed E-state index contributed by atoms with van der Waals surface area (Å²) in [4.78, 5) is 6.75. The smallest absolute Gasteiger partial charge is 0.193 e. The van der Waals surface area contributed by atoms with E-state index in [-0.39, 0.29) is 24.0 Å². The van der Waals surface area contributed by atoms with Crippen LogP contribution in [0.5, 0.6) is 0 Å². The van der Waals surface area contributed by atoms with Gasteiger partial charge in [-0.05, 0) is 32.1 Å². The molecule has 1 atom stereocenters. The fraction of sp³-hybridized carbons (Fsp3) is 0.947.